The first kappa shape index (κ1) is 30.3. The molecule has 8 rings (SSSR count). The second kappa shape index (κ2) is 13.3. The van der Waals surface area contributed by atoms with E-state index in [0.29, 0.717) is 0 Å². The van der Waals surface area contributed by atoms with Gasteiger partial charge in [0.2, 0.25) is 0 Å². The molecule has 210 valence electrons. The van der Waals surface area contributed by atoms with Crippen molar-refractivity contribution in [2.75, 3.05) is 0 Å². The molecule has 0 atom stereocenters. The van der Waals surface area contributed by atoms with Crippen LogP contribution in [0.2, 0.25) is 0 Å². The summed E-state index contributed by atoms with van der Waals surface area (Å²) in [6.45, 7) is 0. The summed E-state index contributed by atoms with van der Waals surface area (Å²) < 4.78 is 0. The smallest absolute Gasteiger partial charge is 0.359 e. The molecule has 6 aromatic heterocycles. The fourth-order valence-electron chi connectivity index (χ4n) is 4.57. The van der Waals surface area contributed by atoms with Crippen molar-refractivity contribution in [2.45, 2.75) is 0 Å². The number of nitrogens with one attached hydrogen (secondary N) is 2. The van der Waals surface area contributed by atoms with Crippen LogP contribution in [0.3, 0.4) is 0 Å². The molecule has 0 aliphatic carbocycles. The van der Waals surface area contributed by atoms with Crippen LogP contribution in [-0.4, -0.2) is 77.3 Å². The quantitative estimate of drug-likeness (QED) is 0.0940. The van der Waals surface area contributed by atoms with Gasteiger partial charge >= 0.3 is 27.3 Å². The Morgan fingerprint density at radius 3 is 1.19 bits per heavy atom. The first-order valence-electron chi connectivity index (χ1n) is 11.9. The number of pyridine rings is 4. The normalized spacial score (nSPS) is 10.2. The molecule has 0 spiro atoms. The first-order chi connectivity index (χ1) is 20.4. The number of H-pyrrole nitrogens is 2. The molecule has 0 saturated heterocycles. The molecule has 8 aromatic rings. The summed E-state index contributed by atoms with van der Waals surface area (Å²) in [5, 5.41) is 33.7. The van der Waals surface area contributed by atoms with Crippen LogP contribution >= 0.6 is 0 Å². The fourth-order valence-corrected chi connectivity index (χ4v) is 4.57. The molecule has 0 aliphatic heterocycles. The van der Waals surface area contributed by atoms with Gasteiger partial charge in [-0.05, 0) is 48.5 Å². The average Bonchev–Trinajstić information content (AvgIpc) is 3.69. The van der Waals surface area contributed by atoms with Gasteiger partial charge in [-0.25, -0.2) is 19.9 Å². The van der Waals surface area contributed by atoms with Gasteiger partial charge in [0, 0.05) is 46.3 Å². The van der Waals surface area contributed by atoms with Crippen LogP contribution in [-0.2, 0) is 0 Å². The number of benzene rings is 2. The van der Waals surface area contributed by atoms with Gasteiger partial charge in [0.05, 0.1) is 32.2 Å². The summed E-state index contributed by atoms with van der Waals surface area (Å²) in [7, 11) is 0. The Kier molecular flexibility index (Phi) is 9.40. The largest absolute Gasteiger partial charge is 2.00 e. The summed E-state index contributed by atoms with van der Waals surface area (Å²) in [6, 6.07) is 15.9. The van der Waals surface area contributed by atoms with Gasteiger partial charge < -0.3 is 40.6 Å². The van der Waals surface area contributed by atoms with Crippen molar-refractivity contribution in [3.8, 4) is 0 Å². The number of hydrogen-bond donors (Lipinski definition) is 2. The van der Waals surface area contributed by atoms with Gasteiger partial charge in [-0.1, -0.05) is 0 Å². The number of rotatable bonds is 0. The average molecular weight is 772 g/mol. The van der Waals surface area contributed by atoms with Crippen molar-refractivity contribution in [3.63, 3.8) is 0 Å². The summed E-state index contributed by atoms with van der Waals surface area (Å²) >= 11 is 0. The van der Waals surface area contributed by atoms with E-state index in [9.17, 15) is 0 Å². The van der Waals surface area contributed by atoms with E-state index >= 15 is 0 Å². The SMILES string of the molecule is O=[N+]([O-])[O-].O=[N+]([O-])[O-].[Pb+2].c1cnc2c(c1)c1ncnc1c1ccc[nH]c12.c1cnc2c(c1)c1ncnc1c1ccc[nH]c12. The van der Waals surface area contributed by atoms with Crippen LogP contribution < -0.4 is 0 Å². The Bertz CT molecular complexity index is 1920. The first-order valence-corrected chi connectivity index (χ1v) is 11.9. The topological polar surface area (TPSA) is 241 Å². The maximum absolute atomic E-state index is 8.25. The van der Waals surface area contributed by atoms with E-state index in [4.69, 9.17) is 30.6 Å². The Balaban J connectivity index is 0.000000156. The van der Waals surface area contributed by atoms with E-state index in [1.165, 1.54) is 0 Å². The molecule has 43 heavy (non-hydrogen) atoms. The molecular weight excluding hydrogens is 756 g/mol. The molecule has 16 nitrogen and oxygen atoms in total. The van der Waals surface area contributed by atoms with Crippen molar-refractivity contribution in [2.24, 2.45) is 0 Å². The summed E-state index contributed by atoms with van der Waals surface area (Å²) in [4.78, 5) is 49.2. The minimum Gasteiger partial charge on any atom is -0.359 e. The zero-order chi connectivity index (χ0) is 29.6. The maximum Gasteiger partial charge on any atom is 2.00 e. The standard InChI is InChI=1S/2C13H8N4.2NO3.Pb/c2*1-3-8-10(14-5-1)11-9(4-2-6-15-11)13-12(8)16-7-17-13;2*2-1(3)4;/h2*1-7,14H;;;/q;;2*-1;+2. The van der Waals surface area contributed by atoms with E-state index in [2.05, 4.69) is 39.9 Å². The Morgan fingerprint density at radius 1 is 0.488 bits per heavy atom. The van der Waals surface area contributed by atoms with Crippen LogP contribution in [0.25, 0.3) is 65.7 Å². The van der Waals surface area contributed by atoms with Gasteiger partial charge in [-0.2, -0.15) is 0 Å². The molecule has 2 aromatic carbocycles. The summed E-state index contributed by atoms with van der Waals surface area (Å²) in [5.74, 6) is 0. The molecule has 2 N–H and O–H groups in total. The van der Waals surface area contributed by atoms with E-state index in [-0.39, 0.29) is 27.3 Å². The predicted molar refractivity (Wildman–Crippen MR) is 160 cm³/mol. The zero-order valence-electron chi connectivity index (χ0n) is 21.6. The number of aromatic amines is 2. The number of aromatic nitrogens is 8. The molecule has 0 saturated carbocycles. The molecule has 0 bridgehead atoms. The van der Waals surface area contributed by atoms with Gasteiger partial charge in [0.15, 0.2) is 0 Å². The van der Waals surface area contributed by atoms with Gasteiger partial charge in [0.25, 0.3) is 0 Å². The second-order valence-electron chi connectivity index (χ2n) is 8.31. The monoisotopic (exact) mass is 772 g/mol. The van der Waals surface area contributed by atoms with Crippen molar-refractivity contribution >= 4 is 93.0 Å². The van der Waals surface area contributed by atoms with E-state index < -0.39 is 10.2 Å². The molecule has 2 radical (unpaired) electrons. The van der Waals surface area contributed by atoms with Crippen molar-refractivity contribution < 1.29 is 10.2 Å². The zero-order valence-corrected chi connectivity index (χ0v) is 25.5. The molecule has 0 amide bonds. The van der Waals surface area contributed by atoms with E-state index in [0.717, 1.165) is 65.7 Å². The van der Waals surface area contributed by atoms with Crippen LogP contribution in [0.15, 0.2) is 86.0 Å². The minimum atomic E-state index is -1.75. The van der Waals surface area contributed by atoms with Crippen LogP contribution in [0, 0.1) is 30.6 Å². The minimum absolute atomic E-state index is 0. The van der Waals surface area contributed by atoms with E-state index in [1.807, 2.05) is 60.9 Å². The molecule has 0 fully saturated rings. The second-order valence-corrected chi connectivity index (χ2v) is 8.31. The molecule has 0 unspecified atom stereocenters. The fraction of sp³-hybridized carbons (Fsp3) is 0. The maximum atomic E-state index is 8.25. The predicted octanol–water partition coefficient (Wildman–Crippen LogP) is 4.46. The van der Waals surface area contributed by atoms with Crippen LogP contribution in [0.1, 0.15) is 0 Å². The number of fused-ring (bicyclic) bond motifs is 12. The van der Waals surface area contributed by atoms with Gasteiger partial charge in [-0.15, -0.1) is 0 Å². The Morgan fingerprint density at radius 2 is 0.814 bits per heavy atom. The van der Waals surface area contributed by atoms with Crippen LogP contribution in [0.4, 0.5) is 0 Å². The summed E-state index contributed by atoms with van der Waals surface area (Å²) in [5.41, 5.74) is 7.59. The third-order valence-electron chi connectivity index (χ3n) is 6.02. The number of hydrogen-bond acceptors (Lipinski definition) is 12. The van der Waals surface area contributed by atoms with Crippen molar-refractivity contribution in [3.05, 3.63) is 117 Å². The molecule has 17 heteroatoms. The molecule has 6 heterocycles. The number of imidazole rings is 2. The van der Waals surface area contributed by atoms with Crippen LogP contribution in [0.5, 0.6) is 0 Å². The van der Waals surface area contributed by atoms with Crippen molar-refractivity contribution in [1.82, 2.24) is 39.9 Å². The molecular formula is C26H16N10O6Pb. The Labute approximate surface area is 258 Å². The van der Waals surface area contributed by atoms with Crippen molar-refractivity contribution in [1.29, 1.82) is 0 Å². The Hall–Kier alpha value is -5.66. The third-order valence-corrected chi connectivity index (χ3v) is 6.02. The van der Waals surface area contributed by atoms with E-state index in [1.54, 1.807) is 25.0 Å². The third kappa shape index (κ3) is 6.32. The van der Waals surface area contributed by atoms with Gasteiger partial charge in [-0.3, -0.25) is 9.97 Å². The van der Waals surface area contributed by atoms with Gasteiger partial charge in [0.1, 0.15) is 34.7 Å². The molecule has 0 aliphatic rings. The summed E-state index contributed by atoms with van der Waals surface area (Å²) in [6.07, 6.45) is 10.6. The number of nitrogens with zero attached hydrogens (tertiary/aromatic N) is 8.